The van der Waals surface area contributed by atoms with Gasteiger partial charge in [-0.3, -0.25) is 0 Å². The Bertz CT molecular complexity index is 193. The van der Waals surface area contributed by atoms with E-state index in [0.29, 0.717) is 0 Å². The van der Waals surface area contributed by atoms with E-state index >= 15 is 0 Å². The van der Waals surface area contributed by atoms with E-state index in [1.807, 2.05) is 25.2 Å². The van der Waals surface area contributed by atoms with Crippen molar-refractivity contribution >= 4 is 11.6 Å². The van der Waals surface area contributed by atoms with Crippen LogP contribution in [0.3, 0.4) is 0 Å². The van der Waals surface area contributed by atoms with Crippen molar-refractivity contribution in [3.63, 3.8) is 0 Å². The first-order valence-electron chi connectivity index (χ1n) is 3.61. The number of hydrogen-bond acceptors (Lipinski definition) is 0. The molecule has 0 amide bonds. The second-order valence-corrected chi connectivity index (χ2v) is 2.55. The van der Waals surface area contributed by atoms with E-state index in [1.165, 1.54) is 0 Å². The van der Waals surface area contributed by atoms with Crippen LogP contribution < -0.4 is 0 Å². The fourth-order valence-electron chi connectivity index (χ4n) is 0.585. The van der Waals surface area contributed by atoms with Gasteiger partial charge in [-0.25, -0.2) is 0 Å². The largest absolute Gasteiger partial charge is 0.133 e. The van der Waals surface area contributed by atoms with Gasteiger partial charge in [0.1, 0.15) is 0 Å². The van der Waals surface area contributed by atoms with Crippen molar-refractivity contribution in [2.45, 2.75) is 19.8 Å². The molecule has 0 saturated carbocycles. The molecule has 0 aromatic heterocycles. The van der Waals surface area contributed by atoms with E-state index in [1.54, 1.807) is 0 Å². The van der Waals surface area contributed by atoms with Gasteiger partial charge in [-0.1, -0.05) is 36.4 Å². The highest BCUT2D eigenvalue weighted by atomic mass is 35.5. The number of halogens is 1. The van der Waals surface area contributed by atoms with Gasteiger partial charge in [-0.2, -0.15) is 0 Å². The Balaban J connectivity index is 3.70. The van der Waals surface area contributed by atoms with E-state index < -0.39 is 0 Å². The zero-order chi connectivity index (χ0) is 8.53. The monoisotopic (exact) mass is 168 g/mol. The van der Waals surface area contributed by atoms with Crippen molar-refractivity contribution in [3.8, 4) is 0 Å². The summed E-state index contributed by atoms with van der Waals surface area (Å²) in [5, 5.41) is 0.847. The molecular weight excluding hydrogens is 156 g/mol. The average Bonchev–Trinajstić information content (AvgIpc) is 2.01. The van der Waals surface area contributed by atoms with Gasteiger partial charge in [0, 0.05) is 11.5 Å². The SMILES string of the molecule is C=C=CCC(Cl)=CCC=CC. The van der Waals surface area contributed by atoms with Gasteiger partial charge in [-0.15, -0.1) is 5.73 Å². The van der Waals surface area contributed by atoms with Crippen LogP contribution in [0.5, 0.6) is 0 Å². The molecule has 0 aromatic rings. The maximum absolute atomic E-state index is 5.82. The van der Waals surface area contributed by atoms with E-state index in [0.717, 1.165) is 17.9 Å². The summed E-state index contributed by atoms with van der Waals surface area (Å²) in [6.07, 6.45) is 9.50. The minimum atomic E-state index is 0.739. The molecule has 60 valence electrons. The molecule has 0 bridgehead atoms. The summed E-state index contributed by atoms with van der Waals surface area (Å²) in [6, 6.07) is 0. The molecule has 0 atom stereocenters. The molecule has 0 radical (unpaired) electrons. The summed E-state index contributed by atoms with van der Waals surface area (Å²) in [5.74, 6) is 0. The van der Waals surface area contributed by atoms with Crippen molar-refractivity contribution in [2.24, 2.45) is 0 Å². The minimum Gasteiger partial charge on any atom is -0.133 e. The summed E-state index contributed by atoms with van der Waals surface area (Å²) in [6.45, 7) is 5.44. The highest BCUT2D eigenvalue weighted by Gasteiger charge is 1.84. The van der Waals surface area contributed by atoms with E-state index in [4.69, 9.17) is 11.6 Å². The van der Waals surface area contributed by atoms with Crippen LogP contribution in [0.2, 0.25) is 0 Å². The molecule has 0 heterocycles. The minimum absolute atomic E-state index is 0.739. The Labute approximate surface area is 73.6 Å². The standard InChI is InChI=1S/C10H13Cl/c1-3-5-7-9-10(11)8-6-4-2/h3,5-6,9H,2,7-8H2,1H3. The summed E-state index contributed by atoms with van der Waals surface area (Å²) in [7, 11) is 0. The zero-order valence-electron chi connectivity index (χ0n) is 6.81. The third-order valence-corrected chi connectivity index (χ3v) is 1.46. The van der Waals surface area contributed by atoms with Gasteiger partial charge >= 0.3 is 0 Å². The van der Waals surface area contributed by atoms with Crippen molar-refractivity contribution in [3.05, 3.63) is 41.6 Å². The first kappa shape index (κ1) is 10.3. The molecule has 0 aliphatic heterocycles. The molecule has 11 heavy (non-hydrogen) atoms. The second kappa shape index (κ2) is 7.40. The lowest BCUT2D eigenvalue weighted by Gasteiger charge is -1.88. The number of hydrogen-bond donors (Lipinski definition) is 0. The Morgan fingerprint density at radius 3 is 2.91 bits per heavy atom. The van der Waals surface area contributed by atoms with Gasteiger partial charge in [-0.05, 0) is 19.4 Å². The first-order chi connectivity index (χ1) is 5.31. The topological polar surface area (TPSA) is 0 Å². The van der Waals surface area contributed by atoms with Crippen LogP contribution >= 0.6 is 11.6 Å². The van der Waals surface area contributed by atoms with Crippen molar-refractivity contribution in [1.82, 2.24) is 0 Å². The highest BCUT2D eigenvalue weighted by molar-refractivity contribution is 6.29. The summed E-state index contributed by atoms with van der Waals surface area (Å²) in [5.41, 5.74) is 2.67. The van der Waals surface area contributed by atoms with Gasteiger partial charge in [0.15, 0.2) is 0 Å². The molecular formula is C10H13Cl. The fraction of sp³-hybridized carbons (Fsp3) is 0.300. The maximum atomic E-state index is 5.82. The Hall–Kier alpha value is -0.710. The van der Waals surface area contributed by atoms with E-state index in [-0.39, 0.29) is 0 Å². The molecule has 0 aliphatic rings. The summed E-state index contributed by atoms with van der Waals surface area (Å²) < 4.78 is 0. The Morgan fingerprint density at radius 1 is 1.64 bits per heavy atom. The van der Waals surface area contributed by atoms with Gasteiger partial charge in [0.25, 0.3) is 0 Å². The molecule has 0 aliphatic carbocycles. The summed E-state index contributed by atoms with van der Waals surface area (Å²) in [4.78, 5) is 0. The predicted octanol–water partition coefficient (Wildman–Crippen LogP) is 3.81. The molecule has 0 aromatic carbocycles. The smallest absolute Gasteiger partial charge is 0.0188 e. The van der Waals surface area contributed by atoms with E-state index in [2.05, 4.69) is 18.4 Å². The van der Waals surface area contributed by atoms with Crippen LogP contribution in [-0.2, 0) is 0 Å². The van der Waals surface area contributed by atoms with Gasteiger partial charge in [0.05, 0.1) is 0 Å². The zero-order valence-corrected chi connectivity index (χ0v) is 7.56. The number of rotatable bonds is 4. The van der Waals surface area contributed by atoms with Gasteiger partial charge < -0.3 is 0 Å². The third kappa shape index (κ3) is 7.18. The molecule has 0 nitrogen and oxygen atoms in total. The lowest BCUT2D eigenvalue weighted by molar-refractivity contribution is 1.28. The summed E-state index contributed by atoms with van der Waals surface area (Å²) >= 11 is 5.82. The average molecular weight is 169 g/mol. The molecule has 0 spiro atoms. The lowest BCUT2D eigenvalue weighted by atomic mass is 10.3. The van der Waals surface area contributed by atoms with Crippen LogP contribution in [0.4, 0.5) is 0 Å². The van der Waals surface area contributed by atoms with Crippen molar-refractivity contribution in [1.29, 1.82) is 0 Å². The highest BCUT2D eigenvalue weighted by Crippen LogP contribution is 2.08. The maximum Gasteiger partial charge on any atom is 0.0188 e. The quantitative estimate of drug-likeness (QED) is 0.443. The lowest BCUT2D eigenvalue weighted by Crippen LogP contribution is -1.67. The molecule has 0 fully saturated rings. The van der Waals surface area contributed by atoms with E-state index in [9.17, 15) is 0 Å². The Kier molecular flexibility index (Phi) is 6.92. The molecule has 0 rings (SSSR count). The third-order valence-electron chi connectivity index (χ3n) is 1.15. The Morgan fingerprint density at radius 2 is 2.36 bits per heavy atom. The molecule has 1 heteroatoms. The van der Waals surface area contributed by atoms with Crippen LogP contribution in [0.1, 0.15) is 19.8 Å². The van der Waals surface area contributed by atoms with Crippen LogP contribution in [-0.4, -0.2) is 0 Å². The second-order valence-electron chi connectivity index (χ2n) is 2.07. The van der Waals surface area contributed by atoms with Crippen molar-refractivity contribution in [2.75, 3.05) is 0 Å². The first-order valence-corrected chi connectivity index (χ1v) is 3.99. The number of allylic oxidation sites excluding steroid dienone is 5. The van der Waals surface area contributed by atoms with Crippen molar-refractivity contribution < 1.29 is 0 Å². The predicted molar refractivity (Wildman–Crippen MR) is 51.7 cm³/mol. The van der Waals surface area contributed by atoms with Gasteiger partial charge in [0.2, 0.25) is 0 Å². The normalized spacial score (nSPS) is 11.6. The van der Waals surface area contributed by atoms with Crippen LogP contribution in [0, 0.1) is 0 Å². The fourth-order valence-corrected chi connectivity index (χ4v) is 0.751. The molecule has 0 saturated heterocycles. The molecule has 0 N–H and O–H groups in total. The van der Waals surface area contributed by atoms with Crippen LogP contribution in [0.15, 0.2) is 41.6 Å². The van der Waals surface area contributed by atoms with Crippen LogP contribution in [0.25, 0.3) is 0 Å². The molecule has 0 unspecified atom stereocenters.